The number of ether oxygens (including phenoxy) is 1. The Kier molecular flexibility index (Phi) is 6.82. The molecule has 0 saturated carbocycles. The lowest BCUT2D eigenvalue weighted by Crippen LogP contribution is -2.49. The van der Waals surface area contributed by atoms with Gasteiger partial charge in [0, 0.05) is 20.1 Å². The molecule has 2 N–H and O–H groups in total. The smallest absolute Gasteiger partial charge is 0.410 e. The SMILES string of the molecule is CC(C)[C@H](N)C(=O)N(C)C[C@@H]1CCCN1C(=O)OCc1ccccc1. The Morgan fingerprint density at radius 1 is 1.32 bits per heavy atom. The Morgan fingerprint density at radius 2 is 2.00 bits per heavy atom. The summed E-state index contributed by atoms with van der Waals surface area (Å²) in [5, 5.41) is 0. The first-order chi connectivity index (χ1) is 11.9. The van der Waals surface area contributed by atoms with Crippen molar-refractivity contribution in [3.05, 3.63) is 35.9 Å². The molecular weight excluding hydrogens is 318 g/mol. The molecule has 0 spiro atoms. The van der Waals surface area contributed by atoms with Gasteiger partial charge in [-0.15, -0.1) is 0 Å². The van der Waals surface area contributed by atoms with Crippen LogP contribution in [-0.4, -0.2) is 54.0 Å². The summed E-state index contributed by atoms with van der Waals surface area (Å²) >= 11 is 0. The van der Waals surface area contributed by atoms with Crippen molar-refractivity contribution in [3.63, 3.8) is 0 Å². The normalized spacial score (nSPS) is 18.3. The molecule has 1 aliphatic heterocycles. The number of hydrogen-bond donors (Lipinski definition) is 1. The predicted molar refractivity (Wildman–Crippen MR) is 96.8 cm³/mol. The summed E-state index contributed by atoms with van der Waals surface area (Å²) in [6.07, 6.45) is 1.47. The molecule has 25 heavy (non-hydrogen) atoms. The minimum Gasteiger partial charge on any atom is -0.445 e. The second-order valence-electron chi connectivity index (χ2n) is 7.02. The van der Waals surface area contributed by atoms with Crippen LogP contribution in [0.2, 0.25) is 0 Å². The number of likely N-dealkylation sites (N-methyl/N-ethyl adjacent to an activating group) is 1. The second kappa shape index (κ2) is 8.85. The van der Waals surface area contributed by atoms with Gasteiger partial charge in [-0.25, -0.2) is 4.79 Å². The van der Waals surface area contributed by atoms with E-state index in [0.29, 0.717) is 13.1 Å². The second-order valence-corrected chi connectivity index (χ2v) is 7.02. The molecule has 0 aromatic heterocycles. The summed E-state index contributed by atoms with van der Waals surface area (Å²) in [6, 6.07) is 9.08. The van der Waals surface area contributed by atoms with E-state index in [2.05, 4.69) is 0 Å². The van der Waals surface area contributed by atoms with E-state index >= 15 is 0 Å². The van der Waals surface area contributed by atoms with Crippen molar-refractivity contribution in [1.82, 2.24) is 9.80 Å². The van der Waals surface area contributed by atoms with Crippen LogP contribution in [-0.2, 0) is 16.1 Å². The Bertz CT molecular complexity index is 577. The Hall–Kier alpha value is -2.08. The summed E-state index contributed by atoms with van der Waals surface area (Å²) in [6.45, 7) is 5.27. The molecule has 0 radical (unpaired) electrons. The lowest BCUT2D eigenvalue weighted by Gasteiger charge is -2.30. The lowest BCUT2D eigenvalue weighted by atomic mass is 10.0. The first-order valence-electron chi connectivity index (χ1n) is 8.88. The number of amides is 2. The van der Waals surface area contributed by atoms with Crippen LogP contribution in [0.3, 0.4) is 0 Å². The molecule has 0 unspecified atom stereocenters. The summed E-state index contributed by atoms with van der Waals surface area (Å²) in [4.78, 5) is 28.1. The van der Waals surface area contributed by atoms with Gasteiger partial charge in [-0.2, -0.15) is 0 Å². The maximum Gasteiger partial charge on any atom is 0.410 e. The van der Waals surface area contributed by atoms with Gasteiger partial charge in [0.25, 0.3) is 0 Å². The van der Waals surface area contributed by atoms with Crippen LogP contribution in [0.25, 0.3) is 0 Å². The van der Waals surface area contributed by atoms with Gasteiger partial charge < -0.3 is 20.3 Å². The zero-order valence-electron chi connectivity index (χ0n) is 15.4. The third-order valence-electron chi connectivity index (χ3n) is 4.68. The minimum atomic E-state index is -0.509. The van der Waals surface area contributed by atoms with E-state index in [-0.39, 0.29) is 30.6 Å². The van der Waals surface area contributed by atoms with Crippen molar-refractivity contribution in [2.45, 2.75) is 45.4 Å². The average molecular weight is 347 g/mol. The fourth-order valence-corrected chi connectivity index (χ4v) is 3.01. The molecule has 2 atom stereocenters. The van der Waals surface area contributed by atoms with Gasteiger partial charge >= 0.3 is 6.09 Å². The molecule has 6 heteroatoms. The van der Waals surface area contributed by atoms with E-state index in [1.165, 1.54) is 0 Å². The molecule has 0 bridgehead atoms. The van der Waals surface area contributed by atoms with E-state index in [9.17, 15) is 9.59 Å². The van der Waals surface area contributed by atoms with Crippen molar-refractivity contribution < 1.29 is 14.3 Å². The molecule has 1 aromatic carbocycles. The summed E-state index contributed by atoms with van der Waals surface area (Å²) < 4.78 is 5.43. The van der Waals surface area contributed by atoms with E-state index in [4.69, 9.17) is 10.5 Å². The molecule has 1 saturated heterocycles. The highest BCUT2D eigenvalue weighted by Gasteiger charge is 2.32. The third-order valence-corrected chi connectivity index (χ3v) is 4.68. The maximum atomic E-state index is 12.4. The van der Waals surface area contributed by atoms with Crippen LogP contribution in [0.4, 0.5) is 4.79 Å². The third kappa shape index (κ3) is 5.19. The Labute approximate surface area is 149 Å². The topological polar surface area (TPSA) is 75.9 Å². The fraction of sp³-hybridized carbons (Fsp3) is 0.579. The van der Waals surface area contributed by atoms with Gasteiger partial charge in [-0.05, 0) is 24.3 Å². The molecule has 6 nitrogen and oxygen atoms in total. The molecule has 0 aliphatic carbocycles. The van der Waals surface area contributed by atoms with E-state index in [1.54, 1.807) is 16.8 Å². The molecule has 1 fully saturated rings. The van der Waals surface area contributed by atoms with Crippen LogP contribution in [0.5, 0.6) is 0 Å². The first kappa shape index (κ1) is 19.2. The van der Waals surface area contributed by atoms with Crippen molar-refractivity contribution in [2.75, 3.05) is 20.1 Å². The quantitative estimate of drug-likeness (QED) is 0.856. The number of carbonyl (C=O) groups excluding carboxylic acids is 2. The number of rotatable bonds is 6. The van der Waals surface area contributed by atoms with Crippen molar-refractivity contribution in [2.24, 2.45) is 11.7 Å². The highest BCUT2D eigenvalue weighted by molar-refractivity contribution is 5.81. The van der Waals surface area contributed by atoms with Gasteiger partial charge in [0.1, 0.15) is 6.61 Å². The number of carbonyl (C=O) groups is 2. The van der Waals surface area contributed by atoms with Gasteiger partial charge in [0.05, 0.1) is 12.1 Å². The largest absolute Gasteiger partial charge is 0.445 e. The highest BCUT2D eigenvalue weighted by atomic mass is 16.6. The highest BCUT2D eigenvalue weighted by Crippen LogP contribution is 2.20. The fourth-order valence-electron chi connectivity index (χ4n) is 3.01. The minimum absolute atomic E-state index is 0.0171. The monoisotopic (exact) mass is 347 g/mol. The first-order valence-corrected chi connectivity index (χ1v) is 8.88. The van der Waals surface area contributed by atoms with E-state index < -0.39 is 6.04 Å². The number of hydrogen-bond acceptors (Lipinski definition) is 4. The van der Waals surface area contributed by atoms with Crippen LogP contribution in [0.15, 0.2) is 30.3 Å². The van der Waals surface area contributed by atoms with Gasteiger partial charge in [0.2, 0.25) is 5.91 Å². The zero-order chi connectivity index (χ0) is 18.4. The molecule has 2 rings (SSSR count). The molecule has 1 heterocycles. The molecule has 138 valence electrons. The summed E-state index contributed by atoms with van der Waals surface area (Å²) in [7, 11) is 1.75. The van der Waals surface area contributed by atoms with Gasteiger partial charge in [-0.1, -0.05) is 44.2 Å². The molecule has 2 amide bonds. The van der Waals surface area contributed by atoms with Crippen LogP contribution < -0.4 is 5.73 Å². The maximum absolute atomic E-state index is 12.4. The van der Waals surface area contributed by atoms with Crippen molar-refractivity contribution in [1.29, 1.82) is 0 Å². The number of nitrogens with zero attached hydrogens (tertiary/aromatic N) is 2. The van der Waals surface area contributed by atoms with Crippen LogP contribution >= 0.6 is 0 Å². The predicted octanol–water partition coefficient (Wildman–Crippen LogP) is 2.23. The number of benzene rings is 1. The van der Waals surface area contributed by atoms with E-state index in [0.717, 1.165) is 18.4 Å². The average Bonchev–Trinajstić information content (AvgIpc) is 3.07. The molecular formula is C19H29N3O3. The van der Waals surface area contributed by atoms with Gasteiger partial charge in [-0.3, -0.25) is 4.79 Å². The lowest BCUT2D eigenvalue weighted by molar-refractivity contribution is -0.132. The van der Waals surface area contributed by atoms with Crippen LogP contribution in [0.1, 0.15) is 32.3 Å². The zero-order valence-corrected chi connectivity index (χ0v) is 15.4. The molecule has 1 aliphatic rings. The number of likely N-dealkylation sites (tertiary alicyclic amines) is 1. The Morgan fingerprint density at radius 3 is 2.64 bits per heavy atom. The van der Waals surface area contributed by atoms with Crippen LogP contribution in [0, 0.1) is 5.92 Å². The van der Waals surface area contributed by atoms with Gasteiger partial charge in [0.15, 0.2) is 0 Å². The summed E-state index contributed by atoms with van der Waals surface area (Å²) in [5.41, 5.74) is 6.91. The van der Waals surface area contributed by atoms with Crippen molar-refractivity contribution in [3.8, 4) is 0 Å². The molecule has 1 aromatic rings. The standard InChI is InChI=1S/C19H29N3O3/c1-14(2)17(20)18(23)21(3)12-16-10-7-11-22(16)19(24)25-13-15-8-5-4-6-9-15/h4-6,8-9,14,16-17H,7,10-13,20H2,1-3H3/t16-,17-/m0/s1. The number of nitrogens with two attached hydrogens (primary N) is 1. The Balaban J connectivity index is 1.88. The summed E-state index contributed by atoms with van der Waals surface area (Å²) in [5.74, 6) is 0.00460. The van der Waals surface area contributed by atoms with Crippen molar-refractivity contribution >= 4 is 12.0 Å². The van der Waals surface area contributed by atoms with E-state index in [1.807, 2.05) is 44.2 Å².